The van der Waals surface area contributed by atoms with Gasteiger partial charge in [-0.05, 0) is 174 Å². The molecule has 144 heavy (non-hydrogen) atoms. The molecular weight excluding hydrogens is 1920 g/mol. The van der Waals surface area contributed by atoms with Gasteiger partial charge in [-0.3, -0.25) is 88.8 Å². The topological polar surface area (TPSA) is 880 Å². The molecule has 5 rings (SSSR count). The summed E-state index contributed by atoms with van der Waals surface area (Å²) in [5, 5.41) is 122. The van der Waals surface area contributed by atoms with E-state index in [1.165, 1.54) is 55.6 Å². The standard InChI is InChI=1S/C90H139N31O21S2/c1-102-88(99)106-40-12-24-63(84(139)140)115-80(135)67(47-143)119-76(131)61(23-11-42-108-90(101)142)111-73(128)59(21-9-39-105-87(97)98)113-78(133)65(45-50-28-32-54(123)33-29-50)118-82(137)69-25-13-43-121(69)83(138)62(34-35-70(124)125)114-74(129)57(19-4-5-36-91)110-72(127)60(22-10-41-107-89(100)141)112-77(132)64(44-49-26-30-53(122)31-27-49)116-81(136)68(48-144)120-79(134)66(46-52-16-6-15-51-14-2-3-17-55(51)52)117-75(130)58(20-8-38-104-86(95)96)109-71(126)56(92)18-7-37-103-85(93)94/h2-3,6,14-17,26-33,56-69,122-123,143-144H,4-5,7-13,18-25,34-48,91-92H2,1H3,(H,109,126)(H,110,127)(H,111,128)(H,112,132)(H,113,133)(H,114,129)(H,115,135)(H,116,136)(H,117,130)(H,118,137)(H,119,131)(H,120,134)(H,124,125)(H,139,140)(H4,93,94,103)(H4,95,96,104)(H4,97,98,105)(H3,99,102,106)(H3,100,107,141)(H3,101,108,142)/t56-,57-,58-,59-,60-,61-,62+,63-,64-,65-,66-,67-,68-,69-/m0/s1. The predicted octanol–water partition coefficient (Wildman–Crippen LogP) is -6.44. The van der Waals surface area contributed by atoms with Crippen molar-refractivity contribution in [2.24, 2.45) is 40.1 Å². The molecule has 4 aromatic carbocycles. The number of carbonyl (C=O) groups excluding carboxylic acids is 15. The lowest BCUT2D eigenvalue weighted by Gasteiger charge is -2.31. The number of carbonyl (C=O) groups is 17. The first-order valence-corrected chi connectivity index (χ1v) is 48.2. The Balaban J connectivity index is 1.47. The van der Waals surface area contributed by atoms with Gasteiger partial charge in [0.2, 0.25) is 76.8 Å². The summed E-state index contributed by atoms with van der Waals surface area (Å²) in [5.74, 6) is -18.2. The summed E-state index contributed by atoms with van der Waals surface area (Å²) in [5.41, 5.74) is 40.6. The van der Waals surface area contributed by atoms with Gasteiger partial charge >= 0.3 is 24.0 Å². The maximum absolute atomic E-state index is 15.3. The zero-order valence-corrected chi connectivity index (χ0v) is 81.8. The molecular formula is C90H139N31O21S2. The van der Waals surface area contributed by atoms with Gasteiger partial charge in [0.1, 0.15) is 90.0 Å². The first-order valence-electron chi connectivity index (χ1n) is 47.0. The predicted molar refractivity (Wildman–Crippen MR) is 537 cm³/mol. The van der Waals surface area contributed by atoms with Gasteiger partial charge in [0.15, 0.2) is 23.8 Å². The number of guanidine groups is 4. The van der Waals surface area contributed by atoms with Gasteiger partial charge in [0.05, 0.1) is 6.04 Å². The lowest BCUT2D eigenvalue weighted by Crippen LogP contribution is -2.61. The Morgan fingerprint density at radius 3 is 1.15 bits per heavy atom. The smallest absolute Gasteiger partial charge is 0.326 e. The molecule has 1 heterocycles. The first kappa shape index (κ1) is 120. The number of nitrogens with zero attached hydrogens (tertiary/aromatic N) is 1. The largest absolute Gasteiger partial charge is 0.508 e. The van der Waals surface area contributed by atoms with Crippen molar-refractivity contribution in [2.75, 3.05) is 70.9 Å². The third-order valence-electron chi connectivity index (χ3n) is 22.9. The highest BCUT2D eigenvalue weighted by molar-refractivity contribution is 7.80. The highest BCUT2D eigenvalue weighted by Crippen LogP contribution is 2.25. The zero-order valence-electron chi connectivity index (χ0n) is 80.0. The molecule has 792 valence electrons. The maximum atomic E-state index is 15.3. The molecule has 0 unspecified atom stereocenters. The average Bonchev–Trinajstić information content (AvgIpc) is 1.67. The Morgan fingerprint density at radius 2 is 0.736 bits per heavy atom. The second-order valence-corrected chi connectivity index (χ2v) is 34.8. The summed E-state index contributed by atoms with van der Waals surface area (Å²) >= 11 is 8.67. The van der Waals surface area contributed by atoms with Gasteiger partial charge in [-0.25, -0.2) is 14.4 Å². The molecule has 41 N–H and O–H groups in total. The van der Waals surface area contributed by atoms with E-state index in [2.05, 4.69) is 126 Å². The van der Waals surface area contributed by atoms with Crippen LogP contribution >= 0.6 is 25.3 Å². The molecule has 0 bridgehead atoms. The molecule has 0 aromatic heterocycles. The van der Waals surface area contributed by atoms with Crippen LogP contribution in [0.25, 0.3) is 10.8 Å². The number of nitrogens with two attached hydrogens (primary N) is 7. The number of urea groups is 2. The van der Waals surface area contributed by atoms with Crippen molar-refractivity contribution in [3.63, 3.8) is 0 Å². The molecule has 54 heteroatoms. The molecule has 0 aliphatic carbocycles. The number of thiol groups is 2. The number of nitrogens with one attached hydrogen (secondary N) is 23. The van der Waals surface area contributed by atoms with Gasteiger partial charge in [0, 0.05) is 90.0 Å². The molecule has 14 atom stereocenters. The van der Waals surface area contributed by atoms with E-state index < -0.39 is 216 Å². The number of hydrogen-bond acceptors (Lipinski definition) is 27. The Morgan fingerprint density at radius 1 is 0.389 bits per heavy atom. The van der Waals surface area contributed by atoms with Gasteiger partial charge in [-0.2, -0.15) is 25.3 Å². The van der Waals surface area contributed by atoms with Crippen molar-refractivity contribution in [1.29, 1.82) is 21.6 Å². The number of aromatic hydroxyl groups is 2. The van der Waals surface area contributed by atoms with Gasteiger partial charge < -0.3 is 166 Å². The maximum Gasteiger partial charge on any atom is 0.326 e. The van der Waals surface area contributed by atoms with Gasteiger partial charge in [-0.1, -0.05) is 66.7 Å². The number of carboxylic acid groups (broad SMARTS) is 2. The second-order valence-electron chi connectivity index (χ2n) is 34.0. The summed E-state index contributed by atoms with van der Waals surface area (Å²) in [6.07, 6.45) is -2.85. The van der Waals surface area contributed by atoms with Crippen molar-refractivity contribution in [3.05, 3.63) is 108 Å². The van der Waals surface area contributed by atoms with E-state index in [0.29, 0.717) is 28.5 Å². The Bertz CT molecular complexity index is 5030. The number of phenolic OH excluding ortho intramolecular Hbond substituents is 2. The van der Waals surface area contributed by atoms with Crippen LogP contribution in [-0.2, 0) is 91.2 Å². The molecule has 0 radical (unpaired) electrons. The van der Waals surface area contributed by atoms with E-state index in [1.54, 1.807) is 30.3 Å². The lowest BCUT2D eigenvalue weighted by atomic mass is 9.97. The van der Waals surface area contributed by atoms with Crippen LogP contribution in [0.4, 0.5) is 9.59 Å². The van der Waals surface area contributed by atoms with Crippen molar-refractivity contribution in [3.8, 4) is 11.5 Å². The number of amides is 17. The fourth-order valence-electron chi connectivity index (χ4n) is 15.2. The number of rotatable bonds is 65. The highest BCUT2D eigenvalue weighted by atomic mass is 32.1. The number of carboxylic acids is 2. The van der Waals surface area contributed by atoms with Crippen LogP contribution in [0, 0.1) is 21.6 Å². The Hall–Kier alpha value is -15.0. The quantitative estimate of drug-likeness (QED) is 0.00846. The summed E-state index contributed by atoms with van der Waals surface area (Å²) in [7, 11) is 1.49. The number of benzene rings is 4. The van der Waals surface area contributed by atoms with Crippen LogP contribution in [0.5, 0.6) is 11.5 Å². The van der Waals surface area contributed by atoms with E-state index >= 15 is 33.6 Å². The van der Waals surface area contributed by atoms with E-state index in [1.807, 2.05) is 12.1 Å². The first-order chi connectivity index (χ1) is 68.5. The van der Waals surface area contributed by atoms with Crippen LogP contribution in [0.3, 0.4) is 0 Å². The minimum absolute atomic E-state index is 0.0186. The Kier molecular flexibility index (Phi) is 52.9. The summed E-state index contributed by atoms with van der Waals surface area (Å²) in [6, 6.07) is -0.596. The number of hydrogen-bond donors (Lipinski definition) is 36. The number of phenols is 2. The van der Waals surface area contributed by atoms with Crippen molar-refractivity contribution in [2.45, 2.75) is 226 Å². The van der Waals surface area contributed by atoms with Crippen LogP contribution in [0.15, 0.2) is 91.0 Å². The Labute approximate surface area is 842 Å². The van der Waals surface area contributed by atoms with E-state index in [-0.39, 0.29) is 204 Å². The van der Waals surface area contributed by atoms with Crippen LogP contribution in [0.2, 0.25) is 0 Å². The number of primary amides is 2. The molecule has 52 nitrogen and oxygen atoms in total. The number of unbranched alkanes of at least 4 members (excludes halogenated alkanes) is 1. The van der Waals surface area contributed by atoms with Crippen LogP contribution < -0.4 is 141 Å². The summed E-state index contributed by atoms with van der Waals surface area (Å²) in [6.45, 7) is -0.0947. The molecule has 0 spiro atoms. The van der Waals surface area contributed by atoms with E-state index in [9.17, 15) is 68.4 Å². The molecule has 1 aliphatic rings. The molecule has 17 amide bonds. The molecule has 1 aliphatic heterocycles. The fourth-order valence-corrected chi connectivity index (χ4v) is 15.7. The number of aliphatic carboxylic acids is 2. The molecule has 0 saturated carbocycles. The number of likely N-dealkylation sites (tertiary alicyclic amines) is 1. The van der Waals surface area contributed by atoms with Crippen molar-refractivity contribution >= 4 is 161 Å². The van der Waals surface area contributed by atoms with Crippen LogP contribution in [-0.4, -0.2) is 305 Å². The van der Waals surface area contributed by atoms with Gasteiger partial charge in [-0.15, -0.1) is 0 Å². The molecule has 1 fully saturated rings. The SMILES string of the molecule is CNC(=N)NCCC[C@H](NC(=O)[C@H](CS)NC(=O)[C@H](CCCNC(N)=O)NC(=O)[C@H](CCCNC(=N)N)NC(=O)[C@H](Cc1ccc(O)cc1)NC(=O)[C@@H]1CCCN1C(=O)[C@@H](CCC(=O)O)NC(=O)[C@H](CCCCN)NC(=O)[C@H](CCCNC(N)=O)NC(=O)[C@H](Cc1ccc(O)cc1)NC(=O)[C@H](CS)NC(=O)[C@H](Cc1cccc2ccccc12)NC(=O)[C@H](CCCNC(=N)N)NC(=O)[C@@H](N)CCCNC(=N)N)C(=O)O. The summed E-state index contributed by atoms with van der Waals surface area (Å²) < 4.78 is 0. The highest BCUT2D eigenvalue weighted by Gasteiger charge is 2.42. The van der Waals surface area contributed by atoms with Gasteiger partial charge in [0.25, 0.3) is 0 Å². The number of fused-ring (bicyclic) bond motifs is 1. The fraction of sp³-hybridized carbons (Fsp3) is 0.522. The normalized spacial score (nSPS) is 14.7. The van der Waals surface area contributed by atoms with E-state index in [4.69, 9.17) is 61.8 Å². The van der Waals surface area contributed by atoms with Crippen LogP contribution in [0.1, 0.15) is 139 Å². The average molecular weight is 2060 g/mol. The summed E-state index contributed by atoms with van der Waals surface area (Å²) in [4.78, 5) is 241. The van der Waals surface area contributed by atoms with Crippen molar-refractivity contribution in [1.82, 2.24) is 106 Å². The minimum atomic E-state index is -1.79. The van der Waals surface area contributed by atoms with E-state index in [0.717, 1.165) is 10.3 Å². The molecule has 1 saturated heterocycles. The molecule has 4 aromatic rings. The lowest BCUT2D eigenvalue weighted by molar-refractivity contribution is -0.143. The second kappa shape index (κ2) is 63.7. The monoisotopic (exact) mass is 2050 g/mol. The van der Waals surface area contributed by atoms with Crippen molar-refractivity contribution < 1.29 is 102 Å². The zero-order chi connectivity index (χ0) is 106. The third kappa shape index (κ3) is 44.0. The third-order valence-corrected chi connectivity index (χ3v) is 23.6. The minimum Gasteiger partial charge on any atom is -0.508 e.